The van der Waals surface area contributed by atoms with E-state index < -0.39 is 5.54 Å². The minimum Gasteiger partial charge on any atom is -0.351 e. The lowest BCUT2D eigenvalue weighted by atomic mass is 10.0. The number of amides is 1. The molecule has 1 aromatic rings. The first kappa shape index (κ1) is 21.2. The molecule has 22 heavy (non-hydrogen) atoms. The van der Waals surface area contributed by atoms with Gasteiger partial charge >= 0.3 is 0 Å². The van der Waals surface area contributed by atoms with Crippen molar-refractivity contribution in [3.63, 3.8) is 0 Å². The lowest BCUT2D eigenvalue weighted by Crippen LogP contribution is -2.55. The number of likely N-dealkylation sites (tertiary alicyclic amines) is 1. The molecular formula is C16H27Cl2N3O. The molecular weight excluding hydrogens is 321 g/mol. The molecule has 0 spiro atoms. The van der Waals surface area contributed by atoms with E-state index in [4.69, 9.17) is 5.73 Å². The monoisotopic (exact) mass is 347 g/mol. The number of carbonyl (C=O) groups excluding carboxylic acids is 1. The number of nitrogens with two attached hydrogens (primary N) is 1. The van der Waals surface area contributed by atoms with Gasteiger partial charge in [0.15, 0.2) is 0 Å². The molecule has 1 aliphatic rings. The second-order valence-electron chi connectivity index (χ2n) is 6.26. The maximum Gasteiger partial charge on any atom is 0.239 e. The Morgan fingerprint density at radius 3 is 2.55 bits per heavy atom. The Balaban J connectivity index is 0.00000220. The smallest absolute Gasteiger partial charge is 0.239 e. The van der Waals surface area contributed by atoms with Crippen LogP contribution in [0.3, 0.4) is 0 Å². The molecule has 4 nitrogen and oxygen atoms in total. The predicted molar refractivity (Wildman–Crippen MR) is 95.6 cm³/mol. The molecule has 1 heterocycles. The van der Waals surface area contributed by atoms with Crippen molar-refractivity contribution < 1.29 is 4.79 Å². The number of nitrogens with zero attached hydrogens (tertiary/aromatic N) is 1. The first-order chi connectivity index (χ1) is 9.45. The highest BCUT2D eigenvalue weighted by Gasteiger charge is 2.27. The summed E-state index contributed by atoms with van der Waals surface area (Å²) in [5.74, 6) is -0.0657. The van der Waals surface area contributed by atoms with E-state index >= 15 is 0 Å². The van der Waals surface area contributed by atoms with Gasteiger partial charge in [0.1, 0.15) is 0 Å². The number of nitrogens with one attached hydrogen (secondary N) is 1. The van der Waals surface area contributed by atoms with Crippen molar-refractivity contribution in [3.8, 4) is 0 Å². The molecule has 126 valence electrons. The maximum absolute atomic E-state index is 11.9. The summed E-state index contributed by atoms with van der Waals surface area (Å²) in [6.07, 6.45) is 2.15. The van der Waals surface area contributed by atoms with Gasteiger partial charge in [-0.2, -0.15) is 0 Å². The summed E-state index contributed by atoms with van der Waals surface area (Å²) >= 11 is 0. The fraction of sp³-hybridized carbons (Fsp3) is 0.562. The van der Waals surface area contributed by atoms with Crippen LogP contribution < -0.4 is 11.1 Å². The van der Waals surface area contributed by atoms with Gasteiger partial charge in [0.2, 0.25) is 5.91 Å². The highest BCUT2D eigenvalue weighted by molar-refractivity contribution is 5.86. The van der Waals surface area contributed by atoms with E-state index in [0.717, 1.165) is 32.5 Å². The van der Waals surface area contributed by atoms with Crippen LogP contribution in [-0.4, -0.2) is 35.5 Å². The van der Waals surface area contributed by atoms with Crippen LogP contribution in [0.25, 0.3) is 0 Å². The number of carbonyl (C=O) groups is 1. The third-order valence-corrected chi connectivity index (χ3v) is 3.67. The molecule has 0 aromatic heterocycles. The molecule has 3 N–H and O–H groups in total. The SMILES string of the molecule is CC(C)(N)C(=O)NC1CCCN(Cc2ccccc2)C1.Cl.Cl. The number of piperidine rings is 1. The van der Waals surface area contributed by atoms with E-state index in [1.807, 2.05) is 6.07 Å². The Kier molecular flexibility index (Phi) is 9.01. The van der Waals surface area contributed by atoms with Gasteiger partial charge in [0, 0.05) is 19.1 Å². The molecule has 1 amide bonds. The Bertz CT molecular complexity index is 448. The number of rotatable bonds is 4. The van der Waals surface area contributed by atoms with Gasteiger partial charge in [-0.1, -0.05) is 30.3 Å². The Morgan fingerprint density at radius 2 is 1.95 bits per heavy atom. The average molecular weight is 348 g/mol. The van der Waals surface area contributed by atoms with E-state index in [2.05, 4.69) is 34.5 Å². The quantitative estimate of drug-likeness (QED) is 0.878. The fourth-order valence-corrected chi connectivity index (χ4v) is 2.53. The standard InChI is InChI=1S/C16H25N3O.2ClH/c1-16(2,17)15(20)18-14-9-6-10-19(12-14)11-13-7-4-3-5-8-13;;/h3-5,7-8,14H,6,9-12,17H2,1-2H3,(H,18,20);2*1H. The normalized spacial score (nSPS) is 18.8. The molecule has 0 saturated carbocycles. The number of halogens is 2. The zero-order valence-electron chi connectivity index (χ0n) is 13.2. The van der Waals surface area contributed by atoms with Crippen LogP contribution >= 0.6 is 24.8 Å². The maximum atomic E-state index is 11.9. The molecule has 1 aliphatic heterocycles. The van der Waals surface area contributed by atoms with Crippen molar-refractivity contribution >= 4 is 30.7 Å². The Labute approximate surface area is 145 Å². The minimum atomic E-state index is -0.804. The lowest BCUT2D eigenvalue weighted by Gasteiger charge is -2.34. The van der Waals surface area contributed by atoms with E-state index in [9.17, 15) is 4.79 Å². The molecule has 1 atom stereocenters. The van der Waals surface area contributed by atoms with Gasteiger partial charge in [-0.25, -0.2) is 0 Å². The summed E-state index contributed by atoms with van der Waals surface area (Å²) in [5, 5.41) is 3.07. The van der Waals surface area contributed by atoms with E-state index in [1.165, 1.54) is 5.56 Å². The molecule has 0 bridgehead atoms. The van der Waals surface area contributed by atoms with Crippen LogP contribution in [0.2, 0.25) is 0 Å². The zero-order chi connectivity index (χ0) is 14.6. The molecule has 1 unspecified atom stereocenters. The minimum absolute atomic E-state index is 0. The molecule has 2 rings (SSSR count). The summed E-state index contributed by atoms with van der Waals surface area (Å²) in [7, 11) is 0. The van der Waals surface area contributed by atoms with Gasteiger partial charge in [-0.3, -0.25) is 9.69 Å². The molecule has 6 heteroatoms. The summed E-state index contributed by atoms with van der Waals surface area (Å²) < 4.78 is 0. The molecule has 1 saturated heterocycles. The van der Waals surface area contributed by atoms with Crippen LogP contribution in [0, 0.1) is 0 Å². The van der Waals surface area contributed by atoms with Crippen LogP contribution in [0.15, 0.2) is 30.3 Å². The third kappa shape index (κ3) is 6.53. The Hall–Kier alpha value is -0.810. The van der Waals surface area contributed by atoms with Gasteiger partial charge in [0.05, 0.1) is 5.54 Å². The van der Waals surface area contributed by atoms with Crippen LogP contribution in [0.1, 0.15) is 32.3 Å². The van der Waals surface area contributed by atoms with Crippen molar-refractivity contribution in [2.45, 2.75) is 44.8 Å². The number of hydrogen-bond acceptors (Lipinski definition) is 3. The number of benzene rings is 1. The van der Waals surface area contributed by atoms with Gasteiger partial charge in [-0.05, 0) is 38.8 Å². The first-order valence-electron chi connectivity index (χ1n) is 7.31. The van der Waals surface area contributed by atoms with Crippen molar-refractivity contribution in [2.75, 3.05) is 13.1 Å². The topological polar surface area (TPSA) is 58.4 Å². The highest BCUT2D eigenvalue weighted by Crippen LogP contribution is 2.14. The van der Waals surface area contributed by atoms with Crippen molar-refractivity contribution in [3.05, 3.63) is 35.9 Å². The van der Waals surface area contributed by atoms with Gasteiger partial charge in [0.25, 0.3) is 0 Å². The van der Waals surface area contributed by atoms with Crippen molar-refractivity contribution in [1.82, 2.24) is 10.2 Å². The summed E-state index contributed by atoms with van der Waals surface area (Å²) in [6.45, 7) is 6.42. The van der Waals surface area contributed by atoms with Crippen molar-refractivity contribution in [2.24, 2.45) is 5.73 Å². The van der Waals surface area contributed by atoms with E-state index in [1.54, 1.807) is 13.8 Å². The fourth-order valence-electron chi connectivity index (χ4n) is 2.53. The van der Waals surface area contributed by atoms with Gasteiger partial charge in [-0.15, -0.1) is 24.8 Å². The second kappa shape index (κ2) is 9.36. The lowest BCUT2D eigenvalue weighted by molar-refractivity contribution is -0.126. The van der Waals surface area contributed by atoms with Crippen LogP contribution in [0.5, 0.6) is 0 Å². The number of hydrogen-bond donors (Lipinski definition) is 2. The largest absolute Gasteiger partial charge is 0.351 e. The zero-order valence-corrected chi connectivity index (χ0v) is 14.9. The van der Waals surface area contributed by atoms with Crippen molar-refractivity contribution in [1.29, 1.82) is 0 Å². The van der Waals surface area contributed by atoms with E-state index in [-0.39, 0.29) is 36.8 Å². The molecule has 1 aromatic carbocycles. The van der Waals surface area contributed by atoms with Crippen LogP contribution in [-0.2, 0) is 11.3 Å². The molecule has 0 radical (unpaired) electrons. The predicted octanol–water partition coefficient (Wildman–Crippen LogP) is 2.35. The van der Waals surface area contributed by atoms with E-state index in [0.29, 0.717) is 0 Å². The third-order valence-electron chi connectivity index (χ3n) is 3.67. The van der Waals surface area contributed by atoms with Crippen LogP contribution in [0.4, 0.5) is 0 Å². The molecule has 1 fully saturated rings. The summed E-state index contributed by atoms with van der Waals surface area (Å²) in [6, 6.07) is 10.7. The summed E-state index contributed by atoms with van der Waals surface area (Å²) in [5.41, 5.74) is 6.34. The second-order valence-corrected chi connectivity index (χ2v) is 6.26. The first-order valence-corrected chi connectivity index (χ1v) is 7.31. The highest BCUT2D eigenvalue weighted by atomic mass is 35.5. The average Bonchev–Trinajstić information content (AvgIpc) is 2.39. The Morgan fingerprint density at radius 1 is 1.32 bits per heavy atom. The van der Waals surface area contributed by atoms with Gasteiger partial charge < -0.3 is 11.1 Å². The molecule has 0 aliphatic carbocycles. The summed E-state index contributed by atoms with van der Waals surface area (Å²) in [4.78, 5) is 14.3.